The normalized spacial score (nSPS) is 23.5. The van der Waals surface area contributed by atoms with Gasteiger partial charge in [-0.3, -0.25) is 9.68 Å². The van der Waals surface area contributed by atoms with Gasteiger partial charge in [0.15, 0.2) is 0 Å². The van der Waals surface area contributed by atoms with Crippen molar-refractivity contribution in [2.75, 3.05) is 43.2 Å². The molecule has 218 valence electrons. The van der Waals surface area contributed by atoms with E-state index in [1.807, 2.05) is 24.5 Å². The Morgan fingerprint density at radius 3 is 2.62 bits per heavy atom. The van der Waals surface area contributed by atoms with Gasteiger partial charge in [0, 0.05) is 72.8 Å². The van der Waals surface area contributed by atoms with Gasteiger partial charge >= 0.3 is 0 Å². The number of rotatable bonds is 9. The number of anilines is 1. The van der Waals surface area contributed by atoms with Gasteiger partial charge in [-0.15, -0.1) is 10.1 Å². The van der Waals surface area contributed by atoms with Crippen LogP contribution in [0.2, 0.25) is 0 Å². The van der Waals surface area contributed by atoms with Crippen LogP contribution in [0.4, 0.5) is 5.82 Å². The summed E-state index contributed by atoms with van der Waals surface area (Å²) in [6.45, 7) is 3.26. The Labute approximate surface area is 245 Å². The fourth-order valence-corrected chi connectivity index (χ4v) is 8.47. The summed E-state index contributed by atoms with van der Waals surface area (Å²) in [7, 11) is -0.740. The Morgan fingerprint density at radius 1 is 1.12 bits per heavy atom. The number of nitrogens with one attached hydrogen (secondary N) is 1. The quantitative estimate of drug-likeness (QED) is 0.251. The summed E-state index contributed by atoms with van der Waals surface area (Å²) in [5, 5.41) is 14.1. The van der Waals surface area contributed by atoms with Crippen LogP contribution in [0.3, 0.4) is 0 Å². The molecule has 2 atom stereocenters. The fourth-order valence-electron chi connectivity index (χ4n) is 6.51. The van der Waals surface area contributed by atoms with Crippen molar-refractivity contribution in [3.63, 3.8) is 0 Å². The number of piperazine rings is 1. The number of nitrogens with zero attached hydrogens (tertiary/aromatic N) is 7. The van der Waals surface area contributed by atoms with Gasteiger partial charge in [0.2, 0.25) is 5.88 Å². The Bertz CT molecular complexity index is 1680. The van der Waals surface area contributed by atoms with E-state index < -0.39 is 10.1 Å². The van der Waals surface area contributed by atoms with Crippen LogP contribution in [0.1, 0.15) is 24.0 Å². The third kappa shape index (κ3) is 5.08. The number of thiol groups is 1. The van der Waals surface area contributed by atoms with Crippen LogP contribution in [-0.4, -0.2) is 79.4 Å². The maximum Gasteiger partial charge on any atom is 0.212 e. The van der Waals surface area contributed by atoms with Gasteiger partial charge in [0.05, 0.1) is 37.2 Å². The molecule has 4 aromatic rings. The van der Waals surface area contributed by atoms with Gasteiger partial charge < -0.3 is 18.9 Å². The fraction of sp³-hybridized carbons (Fsp3) is 0.400. The number of hydrogen-bond donors (Lipinski definition) is 3. The number of pyridine rings is 3. The molecule has 8 heterocycles. The summed E-state index contributed by atoms with van der Waals surface area (Å²) in [5.74, 6) is 3.79. The minimum Gasteiger partial charge on any atom is -0.492 e. The Balaban J connectivity index is 1.04. The average molecular weight is 587 g/mol. The van der Waals surface area contributed by atoms with Crippen LogP contribution in [0.15, 0.2) is 55.1 Å². The molecule has 0 aromatic carbocycles. The smallest absolute Gasteiger partial charge is 0.212 e. The first kappa shape index (κ1) is 26.8. The molecule has 4 aliphatic heterocycles. The highest BCUT2D eigenvalue weighted by molar-refractivity contribution is 8.00. The summed E-state index contributed by atoms with van der Waals surface area (Å²) in [5.41, 5.74) is 4.16. The molecule has 2 bridgehead atoms. The first-order valence-electron chi connectivity index (χ1n) is 14.2. The monoisotopic (exact) mass is 586 g/mol. The van der Waals surface area contributed by atoms with Crippen LogP contribution in [0.5, 0.6) is 11.6 Å². The molecule has 8 rings (SSSR count). The molecular weight excluding hydrogens is 552 g/mol. The molecule has 4 aliphatic rings. The van der Waals surface area contributed by atoms with E-state index in [-0.39, 0.29) is 0 Å². The van der Waals surface area contributed by atoms with Gasteiger partial charge in [0.25, 0.3) is 0 Å². The number of nitriles is 1. The molecule has 0 aliphatic carbocycles. The van der Waals surface area contributed by atoms with E-state index in [2.05, 4.69) is 44.2 Å². The van der Waals surface area contributed by atoms with Crippen molar-refractivity contribution in [1.29, 1.82) is 10.0 Å². The minimum atomic E-state index is -2.37. The molecule has 42 heavy (non-hydrogen) atoms. The summed E-state index contributed by atoms with van der Waals surface area (Å²) < 4.78 is 30.5. The lowest BCUT2D eigenvalue weighted by atomic mass is 9.87. The van der Waals surface area contributed by atoms with E-state index in [0.29, 0.717) is 53.3 Å². The molecule has 0 radical (unpaired) electrons. The van der Waals surface area contributed by atoms with Gasteiger partial charge in [-0.1, -0.05) is 6.07 Å². The molecule has 2 unspecified atom stereocenters. The van der Waals surface area contributed by atoms with E-state index in [4.69, 9.17) is 19.2 Å². The zero-order chi connectivity index (χ0) is 28.8. The summed E-state index contributed by atoms with van der Waals surface area (Å²) in [4.78, 5) is 14.1. The zero-order valence-electron chi connectivity index (χ0n) is 23.4. The molecule has 11 nitrogen and oxygen atoms in total. The first-order chi connectivity index (χ1) is 20.4. The summed E-state index contributed by atoms with van der Waals surface area (Å²) >= 11 is 0. The summed E-state index contributed by atoms with van der Waals surface area (Å²) in [6.07, 6.45) is 9.15. The van der Waals surface area contributed by atoms with E-state index in [0.717, 1.165) is 48.5 Å². The van der Waals surface area contributed by atoms with Crippen molar-refractivity contribution in [2.24, 2.45) is 5.92 Å². The standard InChI is InChI=1S/C30H34N8O3S/c1-40-29-5-2-20(11-34-29)14-37-24-8-25(37)16-36(15-24)28-4-3-22(12-33-28)27-9-26(17-38-30(27)23(10-31)13-35-38)41-7-6-21-18-42(32,39)19-21/h2-5,9,11-13,17,21,24-25,42H,6-8,14-16,18-19H2,1H3,(H2,32,39). The first-order valence-corrected chi connectivity index (χ1v) is 16.4. The maximum atomic E-state index is 9.79. The Morgan fingerprint density at radius 2 is 1.95 bits per heavy atom. The molecule has 0 amide bonds. The van der Waals surface area contributed by atoms with Gasteiger partial charge in [-0.25, -0.2) is 14.5 Å². The SMILES string of the molecule is COc1ccc(CN2C3CC2CN(c2ccc(-c4cc(OCCC5C[SH](=N)(O)C5)cn5ncc(C#N)c45)cn2)C3)cn1. The zero-order valence-corrected chi connectivity index (χ0v) is 24.3. The number of piperidine rings is 1. The highest BCUT2D eigenvalue weighted by atomic mass is 32.3. The van der Waals surface area contributed by atoms with Gasteiger partial charge in [-0.05, 0) is 42.5 Å². The molecular formula is C30H34N8O3S. The van der Waals surface area contributed by atoms with Crippen LogP contribution >= 0.6 is 0 Å². The second-order valence-electron chi connectivity index (χ2n) is 11.6. The number of ether oxygens (including phenoxy) is 2. The van der Waals surface area contributed by atoms with Crippen molar-refractivity contribution in [2.45, 2.75) is 31.5 Å². The van der Waals surface area contributed by atoms with Crippen LogP contribution < -0.4 is 14.4 Å². The van der Waals surface area contributed by atoms with Crippen LogP contribution in [0.25, 0.3) is 16.6 Å². The van der Waals surface area contributed by atoms with Crippen molar-refractivity contribution in [1.82, 2.24) is 24.5 Å². The topological polar surface area (TPSA) is 136 Å². The third-order valence-electron chi connectivity index (χ3n) is 8.72. The number of aromatic nitrogens is 4. The lowest BCUT2D eigenvalue weighted by Crippen LogP contribution is -2.68. The minimum absolute atomic E-state index is 0.350. The van der Waals surface area contributed by atoms with Crippen molar-refractivity contribution >= 4 is 21.4 Å². The maximum absolute atomic E-state index is 9.79. The van der Waals surface area contributed by atoms with E-state index in [9.17, 15) is 9.81 Å². The lowest BCUT2D eigenvalue weighted by Gasteiger charge is -2.56. The molecule has 4 saturated heterocycles. The van der Waals surface area contributed by atoms with E-state index in [1.165, 1.54) is 12.0 Å². The second-order valence-corrected chi connectivity index (χ2v) is 14.2. The van der Waals surface area contributed by atoms with Crippen LogP contribution in [-0.2, 0) is 16.7 Å². The highest BCUT2D eigenvalue weighted by Gasteiger charge is 2.44. The van der Waals surface area contributed by atoms with Gasteiger partial charge in [-0.2, -0.15) is 10.4 Å². The number of hydrogen-bond acceptors (Lipinski definition) is 9. The van der Waals surface area contributed by atoms with E-state index in [1.54, 1.807) is 24.0 Å². The lowest BCUT2D eigenvalue weighted by molar-refractivity contribution is -0.00876. The second kappa shape index (κ2) is 10.7. The Kier molecular flexibility index (Phi) is 6.80. The molecule has 0 spiro atoms. The predicted octanol–water partition coefficient (Wildman–Crippen LogP) is 3.66. The molecule has 12 heteroatoms. The number of methoxy groups -OCH3 is 1. The number of fused-ring (bicyclic) bond motifs is 3. The molecule has 2 N–H and O–H groups in total. The molecule has 4 aromatic heterocycles. The average Bonchev–Trinajstić information content (AvgIpc) is 3.42. The Hall–Kier alpha value is -4.05. The van der Waals surface area contributed by atoms with Gasteiger partial charge in [0.1, 0.15) is 17.6 Å². The third-order valence-corrected chi connectivity index (χ3v) is 11.0. The molecule has 0 saturated carbocycles. The largest absolute Gasteiger partial charge is 0.492 e. The summed E-state index contributed by atoms with van der Waals surface area (Å²) in [6, 6.07) is 13.3. The van der Waals surface area contributed by atoms with Crippen molar-refractivity contribution < 1.29 is 14.0 Å². The van der Waals surface area contributed by atoms with Crippen molar-refractivity contribution in [3.05, 3.63) is 66.2 Å². The highest BCUT2D eigenvalue weighted by Crippen LogP contribution is 2.37. The van der Waals surface area contributed by atoms with E-state index >= 15 is 0 Å². The van der Waals surface area contributed by atoms with Crippen molar-refractivity contribution in [3.8, 4) is 28.8 Å². The molecule has 4 fully saturated rings. The van der Waals surface area contributed by atoms with Crippen LogP contribution in [0, 0.1) is 22.0 Å². The predicted molar refractivity (Wildman–Crippen MR) is 161 cm³/mol.